The molecule has 3 rings (SSSR count). The van der Waals surface area contributed by atoms with Gasteiger partial charge in [0.25, 0.3) is 11.9 Å². The first-order chi connectivity index (χ1) is 15.1. The second-order valence-electron chi connectivity index (χ2n) is 6.32. The molecular weight excluding hydrogens is 462 g/mol. The maximum absolute atomic E-state index is 14.9. The molecule has 1 heterocycles. The van der Waals surface area contributed by atoms with E-state index in [1.807, 2.05) is 6.07 Å². The number of carboxylic acids is 1. The largest absolute Gasteiger partial charge is 0.481 e. The van der Waals surface area contributed by atoms with Gasteiger partial charge in [0, 0.05) is 24.1 Å². The maximum Gasteiger partial charge on any atom is 0.300 e. The number of ether oxygens (including phenoxy) is 1. The van der Waals surface area contributed by atoms with E-state index < -0.39 is 17.7 Å². The summed E-state index contributed by atoms with van der Waals surface area (Å²) in [7, 11) is 0. The summed E-state index contributed by atoms with van der Waals surface area (Å²) >= 11 is 12.0. The number of nitriles is 1. The van der Waals surface area contributed by atoms with E-state index in [4.69, 9.17) is 43.1 Å². The third-order valence-electron chi connectivity index (χ3n) is 3.74. The molecule has 0 fully saturated rings. The van der Waals surface area contributed by atoms with Crippen LogP contribution >= 0.6 is 23.2 Å². The lowest BCUT2D eigenvalue weighted by molar-refractivity contribution is -0.134. The Labute approximate surface area is 192 Å². The fraction of sp³-hybridized carbons (Fsp3) is 0.143. The lowest BCUT2D eigenvalue weighted by atomic mass is 10.2. The quantitative estimate of drug-likeness (QED) is 0.480. The third-order valence-corrected chi connectivity index (χ3v) is 4.25. The van der Waals surface area contributed by atoms with Gasteiger partial charge in [-0.1, -0.05) is 29.3 Å². The molecule has 0 radical (unpaired) electrons. The first-order valence-corrected chi connectivity index (χ1v) is 9.71. The van der Waals surface area contributed by atoms with Crippen molar-refractivity contribution in [3.05, 3.63) is 75.0 Å². The van der Waals surface area contributed by atoms with Gasteiger partial charge < -0.3 is 20.1 Å². The van der Waals surface area contributed by atoms with Crippen LogP contribution in [-0.2, 0) is 11.3 Å². The molecule has 0 aliphatic carbocycles. The Morgan fingerprint density at radius 2 is 2.00 bits per heavy atom. The van der Waals surface area contributed by atoms with Crippen molar-refractivity contribution < 1.29 is 23.8 Å². The van der Waals surface area contributed by atoms with Crippen molar-refractivity contribution in [3.8, 4) is 17.6 Å². The lowest BCUT2D eigenvalue weighted by Crippen LogP contribution is -2.23. The van der Waals surface area contributed by atoms with Crippen LogP contribution < -0.4 is 10.1 Å². The molecule has 166 valence electrons. The molecule has 3 N–H and O–H groups in total. The van der Waals surface area contributed by atoms with Crippen LogP contribution in [0, 0.1) is 24.1 Å². The molecule has 32 heavy (non-hydrogen) atoms. The Hall–Kier alpha value is -3.61. The highest BCUT2D eigenvalue weighted by molar-refractivity contribution is 6.32. The minimum atomic E-state index is -0.833. The minimum Gasteiger partial charge on any atom is -0.481 e. The average Bonchev–Trinajstić information content (AvgIpc) is 3.16. The monoisotopic (exact) mass is 478 g/mol. The molecule has 1 aromatic heterocycles. The third kappa shape index (κ3) is 6.97. The number of aliphatic carboxylic acids is 1. The Morgan fingerprint density at radius 3 is 2.59 bits per heavy atom. The van der Waals surface area contributed by atoms with Gasteiger partial charge in [0.15, 0.2) is 11.6 Å². The van der Waals surface area contributed by atoms with E-state index in [9.17, 15) is 9.18 Å². The van der Waals surface area contributed by atoms with E-state index >= 15 is 0 Å². The van der Waals surface area contributed by atoms with Gasteiger partial charge in [-0.15, -0.1) is 0 Å². The van der Waals surface area contributed by atoms with E-state index in [0.29, 0.717) is 5.82 Å². The van der Waals surface area contributed by atoms with Crippen molar-refractivity contribution in [1.29, 1.82) is 5.26 Å². The van der Waals surface area contributed by atoms with Crippen molar-refractivity contribution in [2.45, 2.75) is 20.4 Å². The van der Waals surface area contributed by atoms with Crippen LogP contribution in [0.5, 0.6) is 11.5 Å². The summed E-state index contributed by atoms with van der Waals surface area (Å²) in [5.74, 6) is -1.45. The molecule has 0 saturated carbocycles. The summed E-state index contributed by atoms with van der Waals surface area (Å²) < 4.78 is 20.4. The summed E-state index contributed by atoms with van der Waals surface area (Å²) in [6.07, 6.45) is 1.39. The molecule has 0 aliphatic heterocycles. The number of benzene rings is 2. The number of carboxylic acid groups (broad SMARTS) is 1. The smallest absolute Gasteiger partial charge is 0.300 e. The first kappa shape index (κ1) is 24.7. The van der Waals surface area contributed by atoms with Gasteiger partial charge in [0.2, 0.25) is 0 Å². The van der Waals surface area contributed by atoms with Crippen LogP contribution in [0.25, 0.3) is 0 Å². The van der Waals surface area contributed by atoms with Gasteiger partial charge in [-0.2, -0.15) is 5.26 Å². The van der Waals surface area contributed by atoms with Gasteiger partial charge in [-0.25, -0.2) is 9.37 Å². The van der Waals surface area contributed by atoms with Gasteiger partial charge >= 0.3 is 0 Å². The van der Waals surface area contributed by atoms with E-state index in [0.717, 1.165) is 6.92 Å². The minimum absolute atomic E-state index is 0.0373. The SMILES string of the molecule is CC(=O)O.Cc1ncc(C(=O)NCc2ccc(Cl)c(Oc3cc(Cl)cc(C#N)c3)c2F)[nH]1. The van der Waals surface area contributed by atoms with Crippen LogP contribution in [0.4, 0.5) is 4.39 Å². The molecule has 0 aliphatic rings. The standard InChI is InChI=1S/C19H13Cl2FN4O2.C2H4O2/c1-10-24-9-16(26-10)19(27)25-8-12-2-3-15(21)18(17(12)22)28-14-5-11(7-23)4-13(20)6-14;1-2(3)4/h2-6,9H,8H2,1H3,(H,24,26)(H,25,27);1H3,(H,3,4). The normalized spacial score (nSPS) is 9.88. The van der Waals surface area contributed by atoms with Crippen LogP contribution in [0.3, 0.4) is 0 Å². The summed E-state index contributed by atoms with van der Waals surface area (Å²) in [6, 6.07) is 9.14. The number of aromatic nitrogens is 2. The lowest BCUT2D eigenvalue weighted by Gasteiger charge is -2.13. The number of hydrogen-bond donors (Lipinski definition) is 3. The second-order valence-corrected chi connectivity index (χ2v) is 7.17. The Balaban J connectivity index is 0.000000837. The number of nitrogens with zero attached hydrogens (tertiary/aromatic N) is 2. The van der Waals surface area contributed by atoms with Crippen molar-refractivity contribution in [2.24, 2.45) is 0 Å². The van der Waals surface area contributed by atoms with Gasteiger partial charge in [0.05, 0.1) is 22.9 Å². The second kappa shape index (κ2) is 11.1. The molecule has 3 aromatic rings. The maximum atomic E-state index is 14.9. The molecule has 1 amide bonds. The molecule has 11 heteroatoms. The van der Waals surface area contributed by atoms with Gasteiger partial charge in [0.1, 0.15) is 17.3 Å². The Morgan fingerprint density at radius 1 is 1.31 bits per heavy atom. The van der Waals surface area contributed by atoms with Crippen molar-refractivity contribution in [2.75, 3.05) is 0 Å². The summed E-state index contributed by atoms with van der Waals surface area (Å²) in [5, 5.41) is 19.3. The van der Waals surface area contributed by atoms with Crippen LogP contribution in [-0.4, -0.2) is 27.0 Å². The molecule has 0 atom stereocenters. The number of carbonyl (C=O) groups is 2. The van der Waals surface area contributed by atoms with Crippen LogP contribution in [0.15, 0.2) is 36.5 Å². The Kier molecular flexibility index (Phi) is 8.58. The zero-order chi connectivity index (χ0) is 23.8. The highest BCUT2D eigenvalue weighted by Gasteiger charge is 2.17. The molecule has 8 nitrogen and oxygen atoms in total. The van der Waals surface area contributed by atoms with E-state index in [2.05, 4.69) is 15.3 Å². The number of nitrogens with one attached hydrogen (secondary N) is 2. The average molecular weight is 479 g/mol. The Bertz CT molecular complexity index is 1190. The fourth-order valence-electron chi connectivity index (χ4n) is 2.41. The molecule has 0 unspecified atom stereocenters. The number of aromatic amines is 1. The topological polar surface area (TPSA) is 128 Å². The number of halogens is 3. The van der Waals surface area contributed by atoms with E-state index in [1.165, 1.54) is 36.5 Å². The van der Waals surface area contributed by atoms with Gasteiger partial charge in [-0.3, -0.25) is 9.59 Å². The molecule has 2 aromatic carbocycles. The zero-order valence-electron chi connectivity index (χ0n) is 16.9. The summed E-state index contributed by atoms with van der Waals surface area (Å²) in [5.41, 5.74) is 0.704. The fourth-order valence-corrected chi connectivity index (χ4v) is 2.82. The van der Waals surface area contributed by atoms with Crippen molar-refractivity contribution >= 4 is 35.1 Å². The van der Waals surface area contributed by atoms with Crippen LogP contribution in [0.1, 0.15) is 34.4 Å². The highest BCUT2D eigenvalue weighted by Crippen LogP contribution is 2.35. The number of amides is 1. The molecule has 0 bridgehead atoms. The molecule has 0 spiro atoms. The number of aryl methyl sites for hydroxylation is 1. The van der Waals surface area contributed by atoms with Crippen LogP contribution in [0.2, 0.25) is 10.0 Å². The van der Waals surface area contributed by atoms with E-state index in [-0.39, 0.29) is 44.9 Å². The zero-order valence-corrected chi connectivity index (χ0v) is 18.4. The summed E-state index contributed by atoms with van der Waals surface area (Å²) in [4.78, 5) is 27.8. The number of rotatable bonds is 5. The van der Waals surface area contributed by atoms with Gasteiger partial charge in [-0.05, 0) is 31.2 Å². The first-order valence-electron chi connectivity index (χ1n) is 8.95. The number of carbonyl (C=O) groups excluding carboxylic acids is 1. The predicted octanol–water partition coefficient (Wildman–Crippen LogP) is 4.85. The number of imidazole rings is 1. The molecule has 0 saturated heterocycles. The predicted molar refractivity (Wildman–Crippen MR) is 115 cm³/mol. The number of H-pyrrole nitrogens is 1. The van der Waals surface area contributed by atoms with E-state index in [1.54, 1.807) is 6.92 Å². The molecular formula is C21H17Cl2FN4O4. The van der Waals surface area contributed by atoms with Crippen molar-refractivity contribution in [3.63, 3.8) is 0 Å². The number of hydrogen-bond acceptors (Lipinski definition) is 5. The highest BCUT2D eigenvalue weighted by atomic mass is 35.5. The van der Waals surface area contributed by atoms with Crippen molar-refractivity contribution in [1.82, 2.24) is 15.3 Å². The summed E-state index contributed by atoms with van der Waals surface area (Å²) in [6.45, 7) is 2.71.